The molecular weight excluding hydrogens is 611 g/mol. The molecule has 3 heteroatoms. The van der Waals surface area contributed by atoms with E-state index in [2.05, 4.69) is 169 Å². The van der Waals surface area contributed by atoms with Crippen molar-refractivity contribution in [1.82, 2.24) is 0 Å². The lowest BCUT2D eigenvalue weighted by Gasteiger charge is -2.39. The smallest absolute Gasteiger partial charge is 0.137 e. The second kappa shape index (κ2) is 10.2. The first kappa shape index (κ1) is 27.4. The number of benzene rings is 8. The highest BCUT2D eigenvalue weighted by molar-refractivity contribution is 6.07. The lowest BCUT2D eigenvalue weighted by Crippen LogP contribution is -2.32. The van der Waals surface area contributed by atoms with Crippen LogP contribution in [0.5, 0.6) is 11.5 Å². The van der Waals surface area contributed by atoms with E-state index in [1.165, 1.54) is 33.0 Å². The quantitative estimate of drug-likeness (QED) is 0.192. The number of rotatable bonds is 3. The molecule has 8 aromatic carbocycles. The van der Waals surface area contributed by atoms with Gasteiger partial charge in [-0.1, -0.05) is 115 Å². The maximum Gasteiger partial charge on any atom is 0.137 e. The lowest BCUT2D eigenvalue weighted by molar-refractivity contribution is 0.436. The van der Waals surface area contributed by atoms with Crippen molar-refractivity contribution in [3.8, 4) is 22.6 Å². The standard InChI is InChI=1S/C47H29NO2/c1-2-13-31(14-3-1)48(33-23-25-36-35-16-6-9-19-42(35)49-45(36)29-33)32-24-26-37-41(28-32)47(40-27-22-30-12-4-5-15-34(30)46(37)40)38-17-7-10-20-43(38)50-44-21-11-8-18-39(44)47/h1-29H. The van der Waals surface area contributed by atoms with Gasteiger partial charge in [-0.3, -0.25) is 0 Å². The van der Waals surface area contributed by atoms with Gasteiger partial charge in [-0.2, -0.15) is 0 Å². The van der Waals surface area contributed by atoms with E-state index in [-0.39, 0.29) is 0 Å². The summed E-state index contributed by atoms with van der Waals surface area (Å²) in [5.41, 5.74) is 11.7. The Bertz CT molecular complexity index is 2770. The number of nitrogens with zero attached hydrogens (tertiary/aromatic N) is 1. The zero-order valence-corrected chi connectivity index (χ0v) is 27.0. The number of hydrogen-bond donors (Lipinski definition) is 0. The summed E-state index contributed by atoms with van der Waals surface area (Å²) in [7, 11) is 0. The lowest BCUT2D eigenvalue weighted by atomic mass is 9.66. The number of ether oxygens (including phenoxy) is 1. The van der Waals surface area contributed by atoms with Crippen molar-refractivity contribution in [2.24, 2.45) is 0 Å². The average Bonchev–Trinajstić information content (AvgIpc) is 3.69. The first-order valence-corrected chi connectivity index (χ1v) is 17.1. The van der Waals surface area contributed by atoms with Crippen LogP contribution in [0.1, 0.15) is 22.3 Å². The van der Waals surface area contributed by atoms with Gasteiger partial charge in [0.25, 0.3) is 0 Å². The van der Waals surface area contributed by atoms with E-state index in [4.69, 9.17) is 9.15 Å². The van der Waals surface area contributed by atoms with E-state index in [9.17, 15) is 0 Å². The van der Waals surface area contributed by atoms with E-state index in [0.29, 0.717) is 0 Å². The Hall–Kier alpha value is -6.58. The largest absolute Gasteiger partial charge is 0.457 e. The number of fused-ring (bicyclic) bond motifs is 14. The summed E-state index contributed by atoms with van der Waals surface area (Å²) in [6.45, 7) is 0. The van der Waals surface area contributed by atoms with Gasteiger partial charge in [0.2, 0.25) is 0 Å². The van der Waals surface area contributed by atoms with Gasteiger partial charge in [0.1, 0.15) is 22.7 Å². The van der Waals surface area contributed by atoms with Crippen LogP contribution in [0.4, 0.5) is 17.1 Å². The zero-order valence-electron chi connectivity index (χ0n) is 27.0. The van der Waals surface area contributed by atoms with Crippen LogP contribution >= 0.6 is 0 Å². The van der Waals surface area contributed by atoms with Crippen molar-refractivity contribution >= 4 is 49.8 Å². The molecule has 0 saturated heterocycles. The zero-order chi connectivity index (χ0) is 32.8. The minimum atomic E-state index is -0.582. The van der Waals surface area contributed by atoms with Crippen LogP contribution in [0.15, 0.2) is 180 Å². The van der Waals surface area contributed by atoms with E-state index in [0.717, 1.165) is 61.6 Å². The molecule has 0 amide bonds. The average molecular weight is 640 g/mol. The van der Waals surface area contributed by atoms with Gasteiger partial charge in [-0.05, 0) is 87.6 Å². The van der Waals surface area contributed by atoms with E-state index >= 15 is 0 Å². The molecule has 234 valence electrons. The van der Waals surface area contributed by atoms with Gasteiger partial charge in [0.05, 0.1) is 5.41 Å². The fourth-order valence-corrected chi connectivity index (χ4v) is 8.67. The second-order valence-corrected chi connectivity index (χ2v) is 13.2. The number of para-hydroxylation sites is 4. The number of anilines is 3. The third kappa shape index (κ3) is 3.64. The minimum Gasteiger partial charge on any atom is -0.457 e. The third-order valence-corrected chi connectivity index (χ3v) is 10.7. The van der Waals surface area contributed by atoms with E-state index in [1.54, 1.807) is 0 Å². The van der Waals surface area contributed by atoms with Gasteiger partial charge >= 0.3 is 0 Å². The maximum absolute atomic E-state index is 6.64. The molecule has 0 fully saturated rings. The highest BCUT2D eigenvalue weighted by atomic mass is 16.5. The number of hydrogen-bond acceptors (Lipinski definition) is 3. The first-order chi connectivity index (χ1) is 24.8. The normalized spacial score (nSPS) is 13.5. The SMILES string of the molecule is c1ccc(N(c2ccc3c(c2)C2(c4ccccc4Oc4ccccc42)c2ccc4ccccc4c2-3)c2ccc3c(c2)oc2ccccc23)cc1. The Morgan fingerprint density at radius 3 is 1.86 bits per heavy atom. The Kier molecular flexibility index (Phi) is 5.59. The van der Waals surface area contributed by atoms with Crippen LogP contribution in [-0.2, 0) is 5.41 Å². The predicted molar refractivity (Wildman–Crippen MR) is 203 cm³/mol. The molecular formula is C47H29NO2. The molecule has 11 rings (SSSR count). The van der Waals surface area contributed by atoms with Crippen molar-refractivity contribution < 1.29 is 9.15 Å². The van der Waals surface area contributed by atoms with Gasteiger partial charge in [0.15, 0.2) is 0 Å². The van der Waals surface area contributed by atoms with Crippen molar-refractivity contribution in [1.29, 1.82) is 0 Å². The fraction of sp³-hybridized carbons (Fsp3) is 0.0213. The van der Waals surface area contributed by atoms with Crippen LogP contribution in [0.2, 0.25) is 0 Å². The van der Waals surface area contributed by atoms with Crippen LogP contribution in [0.3, 0.4) is 0 Å². The van der Waals surface area contributed by atoms with Crippen molar-refractivity contribution in [3.63, 3.8) is 0 Å². The minimum absolute atomic E-state index is 0.582. The molecule has 50 heavy (non-hydrogen) atoms. The Labute approximate surface area is 289 Å². The molecule has 2 heterocycles. The molecule has 3 nitrogen and oxygen atoms in total. The maximum atomic E-state index is 6.64. The van der Waals surface area contributed by atoms with Crippen LogP contribution < -0.4 is 9.64 Å². The van der Waals surface area contributed by atoms with Crippen LogP contribution in [0, 0.1) is 0 Å². The monoisotopic (exact) mass is 639 g/mol. The topological polar surface area (TPSA) is 25.6 Å². The molecule has 1 spiro atoms. The Balaban J connectivity index is 1.23. The van der Waals surface area contributed by atoms with Crippen LogP contribution in [-0.4, -0.2) is 0 Å². The van der Waals surface area contributed by atoms with Gasteiger partial charge in [0, 0.05) is 45.0 Å². The van der Waals surface area contributed by atoms with Crippen molar-refractivity contribution in [2.45, 2.75) is 5.41 Å². The molecule has 0 unspecified atom stereocenters. The molecule has 0 bridgehead atoms. The summed E-state index contributed by atoms with van der Waals surface area (Å²) in [6, 6.07) is 63.0. The Morgan fingerprint density at radius 1 is 0.400 bits per heavy atom. The first-order valence-electron chi connectivity index (χ1n) is 17.1. The third-order valence-electron chi connectivity index (χ3n) is 10.7. The Morgan fingerprint density at radius 2 is 1.04 bits per heavy atom. The molecule has 1 aliphatic heterocycles. The molecule has 2 aliphatic rings. The molecule has 1 aromatic heterocycles. The fourth-order valence-electron chi connectivity index (χ4n) is 8.67. The molecule has 0 saturated carbocycles. The summed E-state index contributed by atoms with van der Waals surface area (Å²) >= 11 is 0. The van der Waals surface area contributed by atoms with E-state index in [1.807, 2.05) is 12.1 Å². The molecule has 9 aromatic rings. The van der Waals surface area contributed by atoms with Gasteiger partial charge in [-0.25, -0.2) is 0 Å². The highest BCUT2D eigenvalue weighted by Crippen LogP contribution is 2.63. The molecule has 0 atom stereocenters. The highest BCUT2D eigenvalue weighted by Gasteiger charge is 2.51. The number of furan rings is 1. The van der Waals surface area contributed by atoms with Crippen molar-refractivity contribution in [2.75, 3.05) is 4.90 Å². The molecule has 1 aliphatic carbocycles. The summed E-state index contributed by atoms with van der Waals surface area (Å²) < 4.78 is 13.0. The van der Waals surface area contributed by atoms with Crippen molar-refractivity contribution in [3.05, 3.63) is 198 Å². The van der Waals surface area contributed by atoms with Crippen LogP contribution in [0.25, 0.3) is 43.8 Å². The van der Waals surface area contributed by atoms with E-state index < -0.39 is 5.41 Å². The second-order valence-electron chi connectivity index (χ2n) is 13.2. The summed E-state index contributed by atoms with van der Waals surface area (Å²) in [4.78, 5) is 2.35. The summed E-state index contributed by atoms with van der Waals surface area (Å²) in [5.74, 6) is 1.78. The molecule has 0 N–H and O–H groups in total. The van der Waals surface area contributed by atoms with Gasteiger partial charge < -0.3 is 14.1 Å². The summed E-state index contributed by atoms with van der Waals surface area (Å²) in [5, 5.41) is 4.73. The predicted octanol–water partition coefficient (Wildman–Crippen LogP) is 12.7. The van der Waals surface area contributed by atoms with Gasteiger partial charge in [-0.15, -0.1) is 0 Å². The molecule has 0 radical (unpaired) electrons. The summed E-state index contributed by atoms with van der Waals surface area (Å²) in [6.07, 6.45) is 0.